The zero-order valence-corrected chi connectivity index (χ0v) is 21.0. The van der Waals surface area contributed by atoms with Crippen LogP contribution in [0.5, 0.6) is 17.2 Å². The molecule has 0 amide bonds. The molecule has 3 aromatic carbocycles. The van der Waals surface area contributed by atoms with Crippen molar-refractivity contribution in [2.75, 3.05) is 30.8 Å². The van der Waals surface area contributed by atoms with Crippen molar-refractivity contribution < 1.29 is 31.0 Å². The first kappa shape index (κ1) is 24.7. The van der Waals surface area contributed by atoms with Gasteiger partial charge in [-0.2, -0.15) is 0 Å². The fourth-order valence-corrected chi connectivity index (χ4v) is 5.66. The van der Waals surface area contributed by atoms with Gasteiger partial charge in [0.25, 0.3) is 20.0 Å². The van der Waals surface area contributed by atoms with Crippen LogP contribution >= 0.6 is 15.9 Å². The van der Waals surface area contributed by atoms with E-state index < -0.39 is 20.0 Å². The Hall–Kier alpha value is -2.96. The standard InChI is InChI=1S/C21H21BrN2O7S2/c1-29-15-6-10-19(21(12-15)31-3)24-32(25,26)16-7-4-14(5-8-16)23-33(27,28)17-9-11-20(30-2)18(22)13-17/h4-13,23-24H,1-3H3. The Morgan fingerprint density at radius 3 is 1.85 bits per heavy atom. The van der Waals surface area contributed by atoms with Crippen molar-refractivity contribution in [2.45, 2.75) is 9.79 Å². The highest BCUT2D eigenvalue weighted by Crippen LogP contribution is 2.31. The van der Waals surface area contributed by atoms with E-state index in [9.17, 15) is 16.8 Å². The fourth-order valence-electron chi connectivity index (χ4n) is 2.82. The third kappa shape index (κ3) is 5.70. The van der Waals surface area contributed by atoms with Gasteiger partial charge in [0.15, 0.2) is 0 Å². The van der Waals surface area contributed by atoms with E-state index in [0.717, 1.165) is 0 Å². The first-order valence-electron chi connectivity index (χ1n) is 9.31. The second-order valence-corrected chi connectivity index (χ2v) is 10.8. The van der Waals surface area contributed by atoms with E-state index in [1.54, 1.807) is 12.1 Å². The quantitative estimate of drug-likeness (QED) is 0.407. The summed E-state index contributed by atoms with van der Waals surface area (Å²) < 4.78 is 71.7. The number of rotatable bonds is 9. The Labute approximate surface area is 200 Å². The van der Waals surface area contributed by atoms with Crippen molar-refractivity contribution >= 4 is 47.4 Å². The molecule has 0 bridgehead atoms. The van der Waals surface area contributed by atoms with E-state index in [-0.39, 0.29) is 26.9 Å². The van der Waals surface area contributed by atoms with Crippen LogP contribution in [0.25, 0.3) is 0 Å². The summed E-state index contributed by atoms with van der Waals surface area (Å²) in [6.45, 7) is 0. The number of anilines is 2. The lowest BCUT2D eigenvalue weighted by molar-refractivity contribution is 0.395. The molecule has 3 rings (SSSR count). The van der Waals surface area contributed by atoms with E-state index in [1.807, 2.05) is 0 Å². The van der Waals surface area contributed by atoms with Crippen molar-refractivity contribution in [3.63, 3.8) is 0 Å². The van der Waals surface area contributed by atoms with Crippen LogP contribution in [0.3, 0.4) is 0 Å². The average molecular weight is 557 g/mol. The molecule has 9 nitrogen and oxygen atoms in total. The Kier molecular flexibility index (Phi) is 7.40. The summed E-state index contributed by atoms with van der Waals surface area (Å²) in [6.07, 6.45) is 0. The van der Waals surface area contributed by atoms with E-state index in [1.165, 1.54) is 69.9 Å². The molecule has 0 aliphatic carbocycles. The summed E-state index contributed by atoms with van der Waals surface area (Å²) in [7, 11) is -3.49. The number of sulfonamides is 2. The summed E-state index contributed by atoms with van der Waals surface area (Å²) in [6, 6.07) is 14.3. The zero-order chi connectivity index (χ0) is 24.2. The Morgan fingerprint density at radius 1 is 0.667 bits per heavy atom. The maximum absolute atomic E-state index is 12.8. The zero-order valence-electron chi connectivity index (χ0n) is 17.8. The van der Waals surface area contributed by atoms with Gasteiger partial charge >= 0.3 is 0 Å². The molecule has 0 aliphatic heterocycles. The SMILES string of the molecule is COc1ccc(NS(=O)(=O)c2ccc(NS(=O)(=O)c3ccc(OC)c(Br)c3)cc2)c(OC)c1. The minimum atomic E-state index is -3.96. The van der Waals surface area contributed by atoms with Crippen LogP contribution in [0.4, 0.5) is 11.4 Å². The molecular formula is C21H21BrN2O7S2. The second-order valence-electron chi connectivity index (χ2n) is 6.60. The van der Waals surface area contributed by atoms with Gasteiger partial charge < -0.3 is 14.2 Å². The van der Waals surface area contributed by atoms with Crippen LogP contribution in [0.15, 0.2) is 74.9 Å². The van der Waals surface area contributed by atoms with Gasteiger partial charge in [0.05, 0.1) is 41.3 Å². The Morgan fingerprint density at radius 2 is 1.27 bits per heavy atom. The number of nitrogens with one attached hydrogen (secondary N) is 2. The topological polar surface area (TPSA) is 120 Å². The molecule has 0 atom stereocenters. The van der Waals surface area contributed by atoms with Crippen LogP contribution in [0.1, 0.15) is 0 Å². The van der Waals surface area contributed by atoms with Gasteiger partial charge in [0.1, 0.15) is 17.2 Å². The minimum absolute atomic E-state index is 0.0140. The lowest BCUT2D eigenvalue weighted by atomic mass is 10.3. The van der Waals surface area contributed by atoms with Crippen LogP contribution in [-0.2, 0) is 20.0 Å². The fraction of sp³-hybridized carbons (Fsp3) is 0.143. The lowest BCUT2D eigenvalue weighted by Gasteiger charge is -2.14. The maximum atomic E-state index is 12.8. The third-order valence-electron chi connectivity index (χ3n) is 4.50. The first-order valence-corrected chi connectivity index (χ1v) is 13.1. The number of hydrogen-bond acceptors (Lipinski definition) is 7. The predicted octanol–water partition coefficient (Wildman–Crippen LogP) is 4.08. The molecule has 2 N–H and O–H groups in total. The molecule has 33 heavy (non-hydrogen) atoms. The Bertz CT molecular complexity index is 1360. The summed E-state index contributed by atoms with van der Waals surface area (Å²) in [5, 5.41) is 0. The lowest BCUT2D eigenvalue weighted by Crippen LogP contribution is -2.15. The molecule has 0 fully saturated rings. The van der Waals surface area contributed by atoms with Gasteiger partial charge in [-0.15, -0.1) is 0 Å². The van der Waals surface area contributed by atoms with Crippen LogP contribution in [0.2, 0.25) is 0 Å². The maximum Gasteiger partial charge on any atom is 0.262 e. The van der Waals surface area contributed by atoms with Crippen molar-refractivity contribution in [1.82, 2.24) is 0 Å². The molecule has 0 saturated heterocycles. The van der Waals surface area contributed by atoms with E-state index >= 15 is 0 Å². The van der Waals surface area contributed by atoms with E-state index in [2.05, 4.69) is 25.4 Å². The van der Waals surface area contributed by atoms with E-state index in [4.69, 9.17) is 14.2 Å². The summed E-state index contributed by atoms with van der Waals surface area (Å²) >= 11 is 3.26. The molecule has 0 unspecified atom stereocenters. The van der Waals surface area contributed by atoms with Crippen molar-refractivity contribution in [2.24, 2.45) is 0 Å². The molecule has 12 heteroatoms. The van der Waals surface area contributed by atoms with Gasteiger partial charge in [0.2, 0.25) is 0 Å². The normalized spacial score (nSPS) is 11.5. The van der Waals surface area contributed by atoms with Gasteiger partial charge in [-0.1, -0.05) is 0 Å². The highest BCUT2D eigenvalue weighted by atomic mass is 79.9. The Balaban J connectivity index is 1.80. The molecule has 0 saturated carbocycles. The predicted molar refractivity (Wildman–Crippen MR) is 128 cm³/mol. The number of hydrogen-bond donors (Lipinski definition) is 2. The summed E-state index contributed by atoms with van der Waals surface area (Å²) in [5.74, 6) is 1.28. The highest BCUT2D eigenvalue weighted by Gasteiger charge is 2.19. The highest BCUT2D eigenvalue weighted by molar-refractivity contribution is 9.10. The number of methoxy groups -OCH3 is 3. The van der Waals surface area contributed by atoms with Crippen molar-refractivity contribution in [1.29, 1.82) is 0 Å². The van der Waals surface area contributed by atoms with E-state index in [0.29, 0.717) is 16.0 Å². The largest absolute Gasteiger partial charge is 0.497 e. The summed E-state index contributed by atoms with van der Waals surface area (Å²) in [5.41, 5.74) is 0.427. The van der Waals surface area contributed by atoms with Crippen molar-refractivity contribution in [3.05, 3.63) is 65.1 Å². The molecule has 0 aromatic heterocycles. The molecule has 0 aliphatic rings. The summed E-state index contributed by atoms with van der Waals surface area (Å²) in [4.78, 5) is -0.0457. The van der Waals surface area contributed by atoms with Gasteiger partial charge in [-0.25, -0.2) is 16.8 Å². The van der Waals surface area contributed by atoms with Crippen LogP contribution < -0.4 is 23.7 Å². The molecule has 0 spiro atoms. The molecule has 3 aromatic rings. The third-order valence-corrected chi connectivity index (χ3v) is 7.88. The number of ether oxygens (including phenoxy) is 3. The smallest absolute Gasteiger partial charge is 0.262 e. The minimum Gasteiger partial charge on any atom is -0.497 e. The monoisotopic (exact) mass is 556 g/mol. The van der Waals surface area contributed by atoms with Gasteiger partial charge in [-0.05, 0) is 70.5 Å². The molecule has 0 radical (unpaired) electrons. The molecule has 0 heterocycles. The molecular weight excluding hydrogens is 536 g/mol. The number of halogens is 1. The van der Waals surface area contributed by atoms with Gasteiger partial charge in [-0.3, -0.25) is 9.44 Å². The van der Waals surface area contributed by atoms with Crippen LogP contribution in [0, 0.1) is 0 Å². The first-order chi connectivity index (χ1) is 15.6. The average Bonchev–Trinajstić information content (AvgIpc) is 2.79. The van der Waals surface area contributed by atoms with Crippen molar-refractivity contribution in [3.8, 4) is 17.2 Å². The molecule has 176 valence electrons. The van der Waals surface area contributed by atoms with Crippen LogP contribution in [-0.4, -0.2) is 38.2 Å². The van der Waals surface area contributed by atoms with Gasteiger partial charge in [0, 0.05) is 11.8 Å². The second kappa shape index (κ2) is 9.89. The number of benzene rings is 3.